The smallest absolute Gasteiger partial charge is 0.326 e. The van der Waals surface area contributed by atoms with Crippen LogP contribution in [-0.4, -0.2) is 42.1 Å². The summed E-state index contributed by atoms with van der Waals surface area (Å²) in [6, 6.07) is 33.8. The highest BCUT2D eigenvalue weighted by Crippen LogP contribution is 2.28. The minimum Gasteiger partial charge on any atom is -0.492 e. The molecule has 5 rings (SSSR count). The summed E-state index contributed by atoms with van der Waals surface area (Å²) in [4.78, 5) is 27.7. The Labute approximate surface area is 241 Å². The van der Waals surface area contributed by atoms with Crippen LogP contribution in [0.3, 0.4) is 0 Å². The molecule has 0 heterocycles. The van der Waals surface area contributed by atoms with E-state index < -0.39 is 12.0 Å². The van der Waals surface area contributed by atoms with Gasteiger partial charge in [0.25, 0.3) is 0 Å². The van der Waals surface area contributed by atoms with E-state index in [1.54, 1.807) is 36.4 Å². The fourth-order valence-corrected chi connectivity index (χ4v) is 5.52. The normalized spacial score (nSPS) is 13.9. The van der Waals surface area contributed by atoms with Gasteiger partial charge in [-0.25, -0.2) is 4.79 Å². The Morgan fingerprint density at radius 1 is 0.829 bits per heavy atom. The summed E-state index contributed by atoms with van der Waals surface area (Å²) >= 11 is 0. The molecule has 2 N–H and O–H groups in total. The Morgan fingerprint density at radius 3 is 2.15 bits per heavy atom. The number of carbonyl (C=O) groups is 2. The Kier molecular flexibility index (Phi) is 9.32. The predicted molar refractivity (Wildman–Crippen MR) is 163 cm³/mol. The molecule has 1 fully saturated rings. The maximum atomic E-state index is 13.1. The van der Waals surface area contributed by atoms with Gasteiger partial charge in [0.05, 0.1) is 6.54 Å². The number of rotatable bonds is 13. The van der Waals surface area contributed by atoms with Crippen LogP contribution in [0.25, 0.3) is 0 Å². The maximum absolute atomic E-state index is 13.1. The molecule has 4 aromatic carbocycles. The van der Waals surface area contributed by atoms with Crippen molar-refractivity contribution in [3.63, 3.8) is 0 Å². The number of carboxylic acids is 1. The van der Waals surface area contributed by atoms with Gasteiger partial charge in [0, 0.05) is 35.0 Å². The summed E-state index contributed by atoms with van der Waals surface area (Å²) in [6.45, 7) is 1.37. The lowest BCUT2D eigenvalue weighted by molar-refractivity contribution is -0.137. The SMILES string of the molecule is O=C(c1ccccc1)c1ccccc1NC(Cc1ccc(OCCN(c2ccccc2)C2CCCC2)cc1)C(=O)O. The zero-order valence-corrected chi connectivity index (χ0v) is 23.1. The van der Waals surface area contributed by atoms with Gasteiger partial charge in [0.15, 0.2) is 5.78 Å². The van der Waals surface area contributed by atoms with Crippen LogP contribution in [0.15, 0.2) is 109 Å². The van der Waals surface area contributed by atoms with Gasteiger partial charge < -0.3 is 20.1 Å². The van der Waals surface area contributed by atoms with Crippen LogP contribution >= 0.6 is 0 Å². The average molecular weight is 549 g/mol. The second kappa shape index (κ2) is 13.7. The molecule has 0 radical (unpaired) electrons. The molecule has 0 amide bonds. The highest BCUT2D eigenvalue weighted by atomic mass is 16.5. The largest absolute Gasteiger partial charge is 0.492 e. The van der Waals surface area contributed by atoms with Crippen molar-refractivity contribution in [2.75, 3.05) is 23.4 Å². The van der Waals surface area contributed by atoms with Crippen molar-refractivity contribution >= 4 is 23.1 Å². The van der Waals surface area contributed by atoms with E-state index >= 15 is 0 Å². The number of benzene rings is 4. The van der Waals surface area contributed by atoms with Crippen LogP contribution in [-0.2, 0) is 11.2 Å². The first-order valence-electron chi connectivity index (χ1n) is 14.3. The number of para-hydroxylation sites is 2. The molecule has 0 aromatic heterocycles. The predicted octanol–water partition coefficient (Wildman–Crippen LogP) is 6.85. The number of ketones is 1. The van der Waals surface area contributed by atoms with Gasteiger partial charge in [-0.3, -0.25) is 4.79 Å². The summed E-state index contributed by atoms with van der Waals surface area (Å²) in [6.07, 6.45) is 5.24. The quantitative estimate of drug-likeness (QED) is 0.178. The second-order valence-electron chi connectivity index (χ2n) is 10.4. The van der Waals surface area contributed by atoms with Crippen molar-refractivity contribution in [2.24, 2.45) is 0 Å². The van der Waals surface area contributed by atoms with E-state index in [1.165, 1.54) is 31.4 Å². The van der Waals surface area contributed by atoms with Crippen molar-refractivity contribution in [3.8, 4) is 5.75 Å². The highest BCUT2D eigenvalue weighted by Gasteiger charge is 2.23. The Hall–Kier alpha value is -4.58. The summed E-state index contributed by atoms with van der Waals surface area (Å²) < 4.78 is 6.09. The summed E-state index contributed by atoms with van der Waals surface area (Å²) in [7, 11) is 0. The van der Waals surface area contributed by atoms with E-state index in [0.29, 0.717) is 29.5 Å². The van der Waals surface area contributed by atoms with E-state index in [4.69, 9.17) is 4.74 Å². The lowest BCUT2D eigenvalue weighted by Crippen LogP contribution is -2.36. The Morgan fingerprint density at radius 2 is 1.46 bits per heavy atom. The van der Waals surface area contributed by atoms with Crippen molar-refractivity contribution < 1.29 is 19.4 Å². The van der Waals surface area contributed by atoms with Crippen LogP contribution < -0.4 is 15.0 Å². The van der Waals surface area contributed by atoms with Crippen molar-refractivity contribution in [3.05, 3.63) is 126 Å². The molecule has 6 heteroatoms. The van der Waals surface area contributed by atoms with Crippen molar-refractivity contribution in [2.45, 2.75) is 44.2 Å². The molecular formula is C35H36N2O4. The first-order chi connectivity index (χ1) is 20.1. The first kappa shape index (κ1) is 28.0. The van der Waals surface area contributed by atoms with Crippen LogP contribution in [0.2, 0.25) is 0 Å². The number of nitrogens with zero attached hydrogens (tertiary/aromatic N) is 1. The van der Waals surface area contributed by atoms with Crippen LogP contribution in [0.4, 0.5) is 11.4 Å². The molecule has 0 spiro atoms. The van der Waals surface area contributed by atoms with Crippen molar-refractivity contribution in [1.29, 1.82) is 0 Å². The second-order valence-corrected chi connectivity index (χ2v) is 10.4. The van der Waals surface area contributed by atoms with Crippen LogP contribution in [0.1, 0.15) is 47.2 Å². The molecule has 0 saturated heterocycles. The third kappa shape index (κ3) is 7.34. The number of hydrogen-bond donors (Lipinski definition) is 2. The van der Waals surface area contributed by atoms with E-state index in [0.717, 1.165) is 17.9 Å². The van der Waals surface area contributed by atoms with E-state index in [-0.39, 0.29) is 12.2 Å². The van der Waals surface area contributed by atoms with Gasteiger partial charge in [0.1, 0.15) is 18.4 Å². The molecule has 1 aliphatic rings. The van der Waals surface area contributed by atoms with Gasteiger partial charge in [0.2, 0.25) is 0 Å². The van der Waals surface area contributed by atoms with Gasteiger partial charge in [-0.15, -0.1) is 0 Å². The fraction of sp³-hybridized carbons (Fsp3) is 0.257. The van der Waals surface area contributed by atoms with Crippen molar-refractivity contribution in [1.82, 2.24) is 0 Å². The number of nitrogens with one attached hydrogen (secondary N) is 1. The standard InChI is InChI=1S/C35H36N2O4/c38-34(27-11-3-1-4-12-27)31-17-9-10-18-32(31)36-33(35(39)40)25-26-19-21-30(22-20-26)41-24-23-37(29-15-7-8-16-29)28-13-5-2-6-14-28/h1-6,9-14,17-22,29,33,36H,7-8,15-16,23-25H2,(H,39,40). The summed E-state index contributed by atoms with van der Waals surface area (Å²) in [5.74, 6) is -0.384. The molecule has 1 saturated carbocycles. The van der Waals surface area contributed by atoms with Gasteiger partial charge in [-0.05, 0) is 54.8 Å². The highest BCUT2D eigenvalue weighted by molar-refractivity contribution is 6.12. The Bertz CT molecular complexity index is 1420. The van der Waals surface area contributed by atoms with E-state index in [2.05, 4.69) is 34.5 Å². The number of carboxylic acid groups (broad SMARTS) is 1. The lowest BCUT2D eigenvalue weighted by Gasteiger charge is -2.31. The van der Waals surface area contributed by atoms with E-state index in [9.17, 15) is 14.7 Å². The topological polar surface area (TPSA) is 78.9 Å². The number of hydrogen-bond acceptors (Lipinski definition) is 5. The number of aliphatic carboxylic acids is 1. The molecule has 210 valence electrons. The lowest BCUT2D eigenvalue weighted by atomic mass is 10.00. The minimum absolute atomic E-state index is 0.155. The molecule has 1 atom stereocenters. The summed E-state index contributed by atoms with van der Waals surface area (Å²) in [5.41, 5.74) is 3.59. The Balaban J connectivity index is 1.20. The molecule has 1 aliphatic carbocycles. The monoisotopic (exact) mass is 548 g/mol. The molecule has 4 aromatic rings. The molecule has 0 aliphatic heterocycles. The van der Waals surface area contributed by atoms with Crippen LogP contribution in [0.5, 0.6) is 5.75 Å². The van der Waals surface area contributed by atoms with Crippen LogP contribution in [0, 0.1) is 0 Å². The molecule has 6 nitrogen and oxygen atoms in total. The number of carbonyl (C=O) groups excluding carboxylic acids is 1. The zero-order chi connectivity index (χ0) is 28.4. The average Bonchev–Trinajstić information content (AvgIpc) is 3.55. The third-order valence-corrected chi connectivity index (χ3v) is 7.65. The number of anilines is 2. The molecule has 41 heavy (non-hydrogen) atoms. The van der Waals surface area contributed by atoms with E-state index in [1.807, 2.05) is 48.5 Å². The first-order valence-corrected chi connectivity index (χ1v) is 14.3. The van der Waals surface area contributed by atoms with Gasteiger partial charge in [-0.2, -0.15) is 0 Å². The summed E-state index contributed by atoms with van der Waals surface area (Å²) in [5, 5.41) is 13.1. The third-order valence-electron chi connectivity index (χ3n) is 7.65. The number of ether oxygens (including phenoxy) is 1. The van der Waals surface area contributed by atoms with Gasteiger partial charge >= 0.3 is 5.97 Å². The molecular weight excluding hydrogens is 512 g/mol. The molecule has 1 unspecified atom stereocenters. The maximum Gasteiger partial charge on any atom is 0.326 e. The minimum atomic E-state index is -0.986. The zero-order valence-electron chi connectivity index (χ0n) is 23.1. The van der Waals surface area contributed by atoms with Gasteiger partial charge in [-0.1, -0.05) is 85.6 Å². The fourth-order valence-electron chi connectivity index (χ4n) is 5.52. The molecule has 0 bridgehead atoms.